The first-order valence-electron chi connectivity index (χ1n) is 10.2. The summed E-state index contributed by atoms with van der Waals surface area (Å²) >= 11 is 0. The van der Waals surface area contributed by atoms with Gasteiger partial charge in [0.2, 0.25) is 5.91 Å². The summed E-state index contributed by atoms with van der Waals surface area (Å²) in [7, 11) is 0. The first-order chi connectivity index (χ1) is 13.7. The standard InChI is InChI=1S/C24H31N3O2/c1-24(2,3)20-10-8-18(9-11-20)23(29)26-21-12-6-17(7-13-21)15-27-14-4-5-19(16-27)22(25)28/h6-13,19H,4-5,14-16H2,1-3H3,(H2,25,28)(H,26,29). The molecule has 0 spiro atoms. The number of hydrogen-bond donors (Lipinski definition) is 2. The summed E-state index contributed by atoms with van der Waals surface area (Å²) in [5.41, 5.74) is 9.30. The van der Waals surface area contributed by atoms with Crippen molar-refractivity contribution in [2.75, 3.05) is 18.4 Å². The molecule has 154 valence electrons. The minimum absolute atomic E-state index is 0.0491. The molecule has 2 amide bonds. The highest BCUT2D eigenvalue weighted by atomic mass is 16.2. The van der Waals surface area contributed by atoms with Gasteiger partial charge in [-0.2, -0.15) is 0 Å². The third kappa shape index (κ3) is 5.67. The van der Waals surface area contributed by atoms with E-state index in [1.54, 1.807) is 0 Å². The number of rotatable bonds is 5. The van der Waals surface area contributed by atoms with Crippen LogP contribution in [0.1, 0.15) is 55.1 Å². The Hall–Kier alpha value is -2.66. The number of nitrogens with zero attached hydrogens (tertiary/aromatic N) is 1. The molecule has 0 aliphatic carbocycles. The summed E-state index contributed by atoms with van der Waals surface area (Å²) in [6.45, 7) is 8.95. The van der Waals surface area contributed by atoms with Gasteiger partial charge in [-0.25, -0.2) is 0 Å². The smallest absolute Gasteiger partial charge is 0.255 e. The Morgan fingerprint density at radius 3 is 2.31 bits per heavy atom. The van der Waals surface area contributed by atoms with Gasteiger partial charge in [0.25, 0.3) is 5.91 Å². The molecule has 1 fully saturated rings. The second-order valence-electron chi connectivity index (χ2n) is 8.96. The van der Waals surface area contributed by atoms with Gasteiger partial charge in [0.1, 0.15) is 0 Å². The zero-order chi connectivity index (χ0) is 21.0. The second kappa shape index (κ2) is 8.78. The fourth-order valence-electron chi connectivity index (χ4n) is 3.71. The van der Waals surface area contributed by atoms with Crippen molar-refractivity contribution in [3.63, 3.8) is 0 Å². The van der Waals surface area contributed by atoms with Crippen LogP contribution in [0.15, 0.2) is 48.5 Å². The summed E-state index contributed by atoms with van der Waals surface area (Å²) in [6.07, 6.45) is 1.88. The number of anilines is 1. The second-order valence-corrected chi connectivity index (χ2v) is 8.96. The van der Waals surface area contributed by atoms with Crippen LogP contribution >= 0.6 is 0 Å². The van der Waals surface area contributed by atoms with Gasteiger partial charge in [0.05, 0.1) is 5.92 Å². The minimum atomic E-state index is -0.205. The lowest BCUT2D eigenvalue weighted by atomic mass is 9.87. The van der Waals surface area contributed by atoms with Crippen LogP contribution in [0.2, 0.25) is 0 Å². The molecule has 0 aromatic heterocycles. The monoisotopic (exact) mass is 393 g/mol. The fraction of sp³-hybridized carbons (Fsp3) is 0.417. The number of amides is 2. The van der Waals surface area contributed by atoms with Crippen molar-refractivity contribution in [2.45, 2.75) is 45.6 Å². The SMILES string of the molecule is CC(C)(C)c1ccc(C(=O)Nc2ccc(CN3CCCC(C(N)=O)C3)cc2)cc1. The highest BCUT2D eigenvalue weighted by Gasteiger charge is 2.23. The van der Waals surface area contributed by atoms with Gasteiger partial charge in [-0.05, 0) is 60.2 Å². The summed E-state index contributed by atoms with van der Waals surface area (Å²) in [6, 6.07) is 15.6. The number of likely N-dealkylation sites (tertiary alicyclic amines) is 1. The van der Waals surface area contributed by atoms with Crippen LogP contribution < -0.4 is 11.1 Å². The van der Waals surface area contributed by atoms with Gasteiger partial charge in [0, 0.05) is 24.3 Å². The van der Waals surface area contributed by atoms with Crippen molar-refractivity contribution in [3.05, 3.63) is 65.2 Å². The molecule has 5 heteroatoms. The Morgan fingerprint density at radius 1 is 1.07 bits per heavy atom. The van der Waals surface area contributed by atoms with E-state index >= 15 is 0 Å². The van der Waals surface area contributed by atoms with Crippen molar-refractivity contribution in [3.8, 4) is 0 Å². The van der Waals surface area contributed by atoms with Crippen LogP contribution in [0.5, 0.6) is 0 Å². The van der Waals surface area contributed by atoms with E-state index in [0.717, 1.165) is 43.7 Å². The summed E-state index contributed by atoms with van der Waals surface area (Å²) in [4.78, 5) is 26.2. The zero-order valence-electron chi connectivity index (χ0n) is 17.6. The fourth-order valence-corrected chi connectivity index (χ4v) is 3.71. The molecule has 1 atom stereocenters. The number of benzene rings is 2. The van der Waals surface area contributed by atoms with Crippen molar-refractivity contribution in [1.82, 2.24) is 4.90 Å². The van der Waals surface area contributed by atoms with Crippen molar-refractivity contribution in [1.29, 1.82) is 0 Å². The molecule has 1 unspecified atom stereocenters. The molecule has 0 bridgehead atoms. The lowest BCUT2D eigenvalue weighted by Crippen LogP contribution is -2.40. The van der Waals surface area contributed by atoms with E-state index in [1.165, 1.54) is 5.56 Å². The van der Waals surface area contributed by atoms with Crippen molar-refractivity contribution >= 4 is 17.5 Å². The third-order valence-electron chi connectivity index (χ3n) is 5.54. The van der Waals surface area contributed by atoms with E-state index in [2.05, 4.69) is 31.0 Å². The molecule has 5 nitrogen and oxygen atoms in total. The van der Waals surface area contributed by atoms with Crippen molar-refractivity contribution in [2.24, 2.45) is 11.7 Å². The van der Waals surface area contributed by atoms with Crippen LogP contribution in [0, 0.1) is 5.92 Å². The molecule has 1 aliphatic heterocycles. The summed E-state index contributed by atoms with van der Waals surface area (Å²) < 4.78 is 0. The highest BCUT2D eigenvalue weighted by Crippen LogP contribution is 2.23. The van der Waals surface area contributed by atoms with Gasteiger partial charge in [-0.1, -0.05) is 45.0 Å². The topological polar surface area (TPSA) is 75.4 Å². The van der Waals surface area contributed by atoms with Gasteiger partial charge in [-0.3, -0.25) is 14.5 Å². The van der Waals surface area contributed by atoms with Crippen LogP contribution in [0.4, 0.5) is 5.69 Å². The van der Waals surface area contributed by atoms with Gasteiger partial charge in [0.15, 0.2) is 0 Å². The van der Waals surface area contributed by atoms with Gasteiger partial charge in [-0.15, -0.1) is 0 Å². The largest absolute Gasteiger partial charge is 0.369 e. The van der Waals surface area contributed by atoms with E-state index in [9.17, 15) is 9.59 Å². The van der Waals surface area contributed by atoms with E-state index in [4.69, 9.17) is 5.73 Å². The predicted octanol–water partition coefficient (Wildman–Crippen LogP) is 3.93. The molecule has 3 N–H and O–H groups in total. The first kappa shape index (κ1) is 21.1. The Labute approximate surface area is 173 Å². The molecule has 3 rings (SSSR count). The number of nitrogens with one attached hydrogen (secondary N) is 1. The maximum atomic E-state index is 12.5. The third-order valence-corrected chi connectivity index (χ3v) is 5.54. The maximum absolute atomic E-state index is 12.5. The Balaban J connectivity index is 1.57. The first-order valence-corrected chi connectivity index (χ1v) is 10.2. The Kier molecular flexibility index (Phi) is 6.38. The Bertz CT molecular complexity index is 851. The number of primary amides is 1. The highest BCUT2D eigenvalue weighted by molar-refractivity contribution is 6.04. The molecule has 1 heterocycles. The van der Waals surface area contributed by atoms with Crippen LogP contribution in [-0.4, -0.2) is 29.8 Å². The number of nitrogens with two attached hydrogens (primary N) is 1. The van der Waals surface area contributed by atoms with Crippen molar-refractivity contribution < 1.29 is 9.59 Å². The molecule has 2 aromatic rings. The van der Waals surface area contributed by atoms with E-state index in [1.807, 2.05) is 48.5 Å². The Morgan fingerprint density at radius 2 is 1.72 bits per heavy atom. The summed E-state index contributed by atoms with van der Waals surface area (Å²) in [5.74, 6) is -0.367. The van der Waals surface area contributed by atoms with Crippen LogP contribution in [-0.2, 0) is 16.8 Å². The summed E-state index contributed by atoms with van der Waals surface area (Å²) in [5, 5.41) is 2.96. The molecule has 0 saturated carbocycles. The van der Waals surface area contributed by atoms with E-state index in [0.29, 0.717) is 5.56 Å². The van der Waals surface area contributed by atoms with E-state index in [-0.39, 0.29) is 23.1 Å². The number of piperidine rings is 1. The van der Waals surface area contributed by atoms with Crippen LogP contribution in [0.25, 0.3) is 0 Å². The molecule has 29 heavy (non-hydrogen) atoms. The molecular formula is C24H31N3O2. The quantitative estimate of drug-likeness (QED) is 0.808. The molecule has 1 saturated heterocycles. The lowest BCUT2D eigenvalue weighted by Gasteiger charge is -2.31. The lowest BCUT2D eigenvalue weighted by molar-refractivity contribution is -0.123. The number of carbonyl (C=O) groups excluding carboxylic acids is 2. The number of hydrogen-bond acceptors (Lipinski definition) is 3. The molecule has 0 radical (unpaired) electrons. The van der Waals surface area contributed by atoms with E-state index < -0.39 is 0 Å². The van der Waals surface area contributed by atoms with Gasteiger partial charge < -0.3 is 11.1 Å². The van der Waals surface area contributed by atoms with Gasteiger partial charge >= 0.3 is 0 Å². The van der Waals surface area contributed by atoms with Crippen LogP contribution in [0.3, 0.4) is 0 Å². The average molecular weight is 394 g/mol. The zero-order valence-corrected chi connectivity index (χ0v) is 17.6. The minimum Gasteiger partial charge on any atom is -0.369 e. The predicted molar refractivity (Wildman–Crippen MR) is 117 cm³/mol. The maximum Gasteiger partial charge on any atom is 0.255 e. The average Bonchev–Trinajstić information content (AvgIpc) is 2.69. The molecule has 2 aromatic carbocycles. The molecular weight excluding hydrogens is 362 g/mol. The molecule has 1 aliphatic rings. The normalized spacial score (nSPS) is 17.7. The number of carbonyl (C=O) groups is 2.